The molecule has 0 radical (unpaired) electrons. The number of hydrogen-bond acceptors (Lipinski definition) is 4. The molecule has 0 fully saturated rings. The van der Waals surface area contributed by atoms with Crippen molar-refractivity contribution >= 4 is 44.6 Å². The molecule has 0 spiro atoms. The smallest absolute Gasteiger partial charge is 0.270 e. The van der Waals surface area contributed by atoms with Crippen LogP contribution in [0.5, 0.6) is 0 Å². The molecular weight excluding hydrogens is 346 g/mol. The highest BCUT2D eigenvalue weighted by molar-refractivity contribution is 9.10. The number of benzene rings is 2. The van der Waals surface area contributed by atoms with Crippen LogP contribution in [0.15, 0.2) is 40.9 Å². The first-order valence-corrected chi connectivity index (χ1v) is 6.59. The van der Waals surface area contributed by atoms with Crippen molar-refractivity contribution in [2.75, 3.05) is 5.32 Å². The van der Waals surface area contributed by atoms with Crippen LogP contribution in [0.2, 0.25) is 5.02 Å². The van der Waals surface area contributed by atoms with E-state index < -0.39 is 4.92 Å². The summed E-state index contributed by atoms with van der Waals surface area (Å²) in [6.45, 7) is 0. The van der Waals surface area contributed by atoms with Gasteiger partial charge in [0.25, 0.3) is 5.69 Å². The maximum atomic E-state index is 10.7. The largest absolute Gasteiger partial charge is 0.353 e. The molecule has 1 N–H and O–H groups in total. The number of nitriles is 1. The molecule has 0 atom stereocenters. The summed E-state index contributed by atoms with van der Waals surface area (Å²) in [5, 5.41) is 23.3. The van der Waals surface area contributed by atoms with Crippen molar-refractivity contribution in [1.82, 2.24) is 0 Å². The first-order valence-electron chi connectivity index (χ1n) is 5.42. The number of non-ortho nitro benzene ring substituents is 1. The average molecular weight is 353 g/mol. The van der Waals surface area contributed by atoms with Crippen LogP contribution in [0.1, 0.15) is 5.56 Å². The molecule has 0 bridgehead atoms. The van der Waals surface area contributed by atoms with Gasteiger partial charge in [-0.15, -0.1) is 0 Å². The molecule has 7 heteroatoms. The van der Waals surface area contributed by atoms with Gasteiger partial charge in [-0.05, 0) is 40.2 Å². The van der Waals surface area contributed by atoms with E-state index in [-0.39, 0.29) is 11.3 Å². The molecule has 0 aliphatic heterocycles. The number of hydrogen-bond donors (Lipinski definition) is 1. The van der Waals surface area contributed by atoms with E-state index in [1.807, 2.05) is 6.07 Å². The van der Waals surface area contributed by atoms with E-state index in [0.717, 1.165) is 4.47 Å². The fraction of sp³-hybridized carbons (Fsp3) is 0. The van der Waals surface area contributed by atoms with Crippen LogP contribution in [0.25, 0.3) is 0 Å². The molecule has 100 valence electrons. The Bertz CT molecular complexity index is 728. The molecule has 2 aromatic rings. The summed E-state index contributed by atoms with van der Waals surface area (Å²) in [6.07, 6.45) is 0. The number of nitrogens with one attached hydrogen (secondary N) is 1. The first kappa shape index (κ1) is 14.3. The van der Waals surface area contributed by atoms with Crippen LogP contribution in [0, 0.1) is 21.4 Å². The van der Waals surface area contributed by atoms with Crippen LogP contribution in [-0.2, 0) is 0 Å². The van der Waals surface area contributed by atoms with Crippen molar-refractivity contribution in [1.29, 1.82) is 5.26 Å². The van der Waals surface area contributed by atoms with Gasteiger partial charge in [-0.3, -0.25) is 10.1 Å². The molecule has 0 unspecified atom stereocenters. The second kappa shape index (κ2) is 5.90. The predicted molar refractivity (Wildman–Crippen MR) is 80.2 cm³/mol. The third-order valence-electron chi connectivity index (χ3n) is 2.53. The fourth-order valence-electron chi connectivity index (χ4n) is 1.59. The van der Waals surface area contributed by atoms with Crippen molar-refractivity contribution in [2.24, 2.45) is 0 Å². The first-order chi connectivity index (χ1) is 9.51. The second-order valence-corrected chi connectivity index (χ2v) is 5.14. The Kier molecular flexibility index (Phi) is 4.23. The molecule has 20 heavy (non-hydrogen) atoms. The molecule has 0 saturated heterocycles. The lowest BCUT2D eigenvalue weighted by molar-refractivity contribution is -0.384. The summed E-state index contributed by atoms with van der Waals surface area (Å²) in [5.41, 5.74) is 1.20. The Hall–Kier alpha value is -2.10. The van der Waals surface area contributed by atoms with Crippen LogP contribution in [-0.4, -0.2) is 4.92 Å². The molecule has 0 aromatic heterocycles. The zero-order valence-electron chi connectivity index (χ0n) is 9.93. The second-order valence-electron chi connectivity index (χ2n) is 3.85. The number of nitro groups is 1. The topological polar surface area (TPSA) is 79.0 Å². The summed E-state index contributed by atoms with van der Waals surface area (Å²) < 4.78 is 0.768. The maximum absolute atomic E-state index is 10.7. The lowest BCUT2D eigenvalue weighted by atomic mass is 10.1. The van der Waals surface area contributed by atoms with Crippen molar-refractivity contribution in [3.05, 3.63) is 61.6 Å². The Morgan fingerprint density at radius 1 is 1.25 bits per heavy atom. The zero-order chi connectivity index (χ0) is 14.7. The van der Waals surface area contributed by atoms with Crippen molar-refractivity contribution in [2.45, 2.75) is 0 Å². The van der Waals surface area contributed by atoms with Crippen LogP contribution < -0.4 is 5.32 Å². The SMILES string of the molecule is N#Cc1cc([N+](=O)[O-])ccc1Nc1cc(Cl)ccc1Br. The minimum atomic E-state index is -0.542. The summed E-state index contributed by atoms with van der Waals surface area (Å²) in [4.78, 5) is 10.1. The Balaban J connectivity index is 2.41. The molecule has 0 aliphatic carbocycles. The number of halogens is 2. The van der Waals surface area contributed by atoms with E-state index in [2.05, 4.69) is 21.2 Å². The van der Waals surface area contributed by atoms with Crippen molar-refractivity contribution < 1.29 is 4.92 Å². The molecular formula is C13H7BrClN3O2. The normalized spacial score (nSPS) is 9.85. The van der Waals surface area contributed by atoms with E-state index in [1.54, 1.807) is 18.2 Å². The Labute approximate surface area is 128 Å². The van der Waals surface area contributed by atoms with E-state index >= 15 is 0 Å². The monoisotopic (exact) mass is 351 g/mol. The quantitative estimate of drug-likeness (QED) is 0.645. The van der Waals surface area contributed by atoms with Gasteiger partial charge in [0.15, 0.2) is 0 Å². The lowest BCUT2D eigenvalue weighted by Gasteiger charge is -2.10. The number of nitro benzene ring substituents is 1. The highest BCUT2D eigenvalue weighted by Crippen LogP contribution is 2.31. The number of nitrogens with zero attached hydrogens (tertiary/aromatic N) is 2. The molecule has 5 nitrogen and oxygen atoms in total. The molecule has 2 aromatic carbocycles. The number of anilines is 2. The molecule has 0 aliphatic rings. The van der Waals surface area contributed by atoms with Gasteiger partial charge < -0.3 is 5.32 Å². The van der Waals surface area contributed by atoms with E-state index in [0.29, 0.717) is 16.4 Å². The van der Waals surface area contributed by atoms with Crippen molar-refractivity contribution in [3.63, 3.8) is 0 Å². The van der Waals surface area contributed by atoms with Crippen LogP contribution in [0.4, 0.5) is 17.1 Å². The minimum absolute atomic E-state index is 0.128. The van der Waals surface area contributed by atoms with Gasteiger partial charge >= 0.3 is 0 Å². The summed E-state index contributed by atoms with van der Waals surface area (Å²) in [6, 6.07) is 11.2. The Morgan fingerprint density at radius 2 is 2.00 bits per heavy atom. The van der Waals surface area contributed by atoms with E-state index in [9.17, 15) is 10.1 Å². The predicted octanol–water partition coefficient (Wildman–Crippen LogP) is 4.63. The standard InChI is InChI=1S/C13H7BrClN3O2/c14-11-3-1-9(15)6-13(11)17-12-4-2-10(18(19)20)5-8(12)7-16/h1-6,17H. The van der Waals surface area contributed by atoms with Gasteiger partial charge in [0, 0.05) is 21.6 Å². The molecule has 0 amide bonds. The number of rotatable bonds is 3. The van der Waals surface area contributed by atoms with Gasteiger partial charge in [0.05, 0.1) is 21.9 Å². The van der Waals surface area contributed by atoms with Gasteiger partial charge in [-0.2, -0.15) is 5.26 Å². The third kappa shape index (κ3) is 3.07. The van der Waals surface area contributed by atoms with E-state index in [4.69, 9.17) is 16.9 Å². The molecule has 2 rings (SSSR count). The third-order valence-corrected chi connectivity index (χ3v) is 3.46. The zero-order valence-corrected chi connectivity index (χ0v) is 12.3. The fourth-order valence-corrected chi connectivity index (χ4v) is 2.10. The van der Waals surface area contributed by atoms with Crippen molar-refractivity contribution in [3.8, 4) is 6.07 Å². The highest BCUT2D eigenvalue weighted by Gasteiger charge is 2.11. The minimum Gasteiger partial charge on any atom is -0.353 e. The average Bonchev–Trinajstić information content (AvgIpc) is 2.43. The lowest BCUT2D eigenvalue weighted by Crippen LogP contribution is -1.96. The van der Waals surface area contributed by atoms with Gasteiger partial charge in [0.1, 0.15) is 6.07 Å². The summed E-state index contributed by atoms with van der Waals surface area (Å²) >= 11 is 9.27. The highest BCUT2D eigenvalue weighted by atomic mass is 79.9. The summed E-state index contributed by atoms with van der Waals surface area (Å²) in [7, 11) is 0. The maximum Gasteiger partial charge on any atom is 0.270 e. The van der Waals surface area contributed by atoms with Crippen LogP contribution in [0.3, 0.4) is 0 Å². The molecule has 0 saturated carbocycles. The van der Waals surface area contributed by atoms with E-state index in [1.165, 1.54) is 18.2 Å². The van der Waals surface area contributed by atoms with Crippen LogP contribution >= 0.6 is 27.5 Å². The Morgan fingerprint density at radius 3 is 2.65 bits per heavy atom. The van der Waals surface area contributed by atoms with Gasteiger partial charge in [-0.1, -0.05) is 11.6 Å². The molecule has 0 heterocycles. The van der Waals surface area contributed by atoms with Gasteiger partial charge in [0.2, 0.25) is 0 Å². The van der Waals surface area contributed by atoms with Gasteiger partial charge in [-0.25, -0.2) is 0 Å². The summed E-state index contributed by atoms with van der Waals surface area (Å²) in [5.74, 6) is 0.